The van der Waals surface area contributed by atoms with Crippen molar-refractivity contribution in [3.63, 3.8) is 0 Å². The number of nitrogens with zero attached hydrogens (tertiary/aromatic N) is 2. The van der Waals surface area contributed by atoms with Crippen molar-refractivity contribution in [2.24, 2.45) is 0 Å². The van der Waals surface area contributed by atoms with E-state index in [1.807, 2.05) is 18.3 Å². The van der Waals surface area contributed by atoms with Crippen molar-refractivity contribution < 1.29 is 4.74 Å². The minimum atomic E-state index is 0.350. The van der Waals surface area contributed by atoms with Crippen LogP contribution in [0, 0.1) is 0 Å². The molecule has 3 nitrogen and oxygen atoms in total. The summed E-state index contributed by atoms with van der Waals surface area (Å²) in [7, 11) is 2.06. The Balaban J connectivity index is 1.91. The third-order valence-electron chi connectivity index (χ3n) is 3.11. The van der Waals surface area contributed by atoms with E-state index in [0.717, 1.165) is 31.0 Å². The van der Waals surface area contributed by atoms with E-state index in [4.69, 9.17) is 16.3 Å². The van der Waals surface area contributed by atoms with Gasteiger partial charge < -0.3 is 9.64 Å². The van der Waals surface area contributed by atoms with Gasteiger partial charge in [0.2, 0.25) is 0 Å². The molecule has 2 rings (SSSR count). The molecule has 1 fully saturated rings. The second-order valence-electron chi connectivity index (χ2n) is 4.53. The number of aromatic nitrogens is 1. The Morgan fingerprint density at radius 2 is 2.35 bits per heavy atom. The van der Waals surface area contributed by atoms with Gasteiger partial charge in [0.05, 0.1) is 6.10 Å². The third kappa shape index (κ3) is 3.58. The summed E-state index contributed by atoms with van der Waals surface area (Å²) in [6, 6.07) is 4.04. The van der Waals surface area contributed by atoms with Crippen molar-refractivity contribution in [2.45, 2.75) is 31.2 Å². The second kappa shape index (κ2) is 6.22. The van der Waals surface area contributed by atoms with Crippen LogP contribution >= 0.6 is 11.6 Å². The maximum Gasteiger partial charge on any atom is 0.128 e. The second-order valence-corrected chi connectivity index (χ2v) is 4.79. The molecule has 17 heavy (non-hydrogen) atoms. The molecule has 0 amide bonds. The fourth-order valence-electron chi connectivity index (χ4n) is 2.07. The number of likely N-dealkylation sites (N-methyl/N-ethyl adjacent to an activating group) is 1. The monoisotopic (exact) mass is 254 g/mol. The molecule has 1 aromatic heterocycles. The molecule has 0 N–H and O–H groups in total. The Labute approximate surface area is 108 Å². The molecule has 4 heteroatoms. The van der Waals surface area contributed by atoms with Crippen LogP contribution in [0.3, 0.4) is 0 Å². The minimum absolute atomic E-state index is 0.350. The molecule has 0 aliphatic carbocycles. The lowest BCUT2D eigenvalue weighted by Crippen LogP contribution is -2.33. The Morgan fingerprint density at radius 3 is 2.94 bits per heavy atom. The largest absolute Gasteiger partial charge is 0.376 e. The fourth-order valence-corrected chi connectivity index (χ4v) is 2.23. The number of hydrogen-bond donors (Lipinski definition) is 0. The first-order chi connectivity index (χ1) is 8.29. The van der Waals surface area contributed by atoms with Gasteiger partial charge in [0.25, 0.3) is 0 Å². The molecule has 1 saturated heterocycles. The van der Waals surface area contributed by atoms with Gasteiger partial charge in [-0.2, -0.15) is 0 Å². The number of rotatable bonds is 4. The summed E-state index contributed by atoms with van der Waals surface area (Å²) in [6.45, 7) is 1.81. The van der Waals surface area contributed by atoms with Crippen LogP contribution in [0.1, 0.15) is 24.8 Å². The van der Waals surface area contributed by atoms with Gasteiger partial charge in [0.1, 0.15) is 5.82 Å². The number of alkyl halides is 1. The molecule has 0 aromatic carbocycles. The van der Waals surface area contributed by atoms with Gasteiger partial charge in [-0.1, -0.05) is 6.07 Å². The number of hydrogen-bond acceptors (Lipinski definition) is 3. The van der Waals surface area contributed by atoms with Crippen molar-refractivity contribution in [3.8, 4) is 0 Å². The molecule has 1 atom stereocenters. The summed E-state index contributed by atoms with van der Waals surface area (Å²) in [4.78, 5) is 6.55. The molecule has 0 saturated carbocycles. The molecule has 0 bridgehead atoms. The van der Waals surface area contributed by atoms with E-state index in [-0.39, 0.29) is 0 Å². The maximum absolute atomic E-state index is 5.74. The van der Waals surface area contributed by atoms with Gasteiger partial charge in [-0.15, -0.1) is 11.6 Å². The highest BCUT2D eigenvalue weighted by atomic mass is 35.5. The van der Waals surface area contributed by atoms with Crippen LogP contribution in [-0.4, -0.2) is 31.3 Å². The normalized spacial score (nSPS) is 20.2. The average molecular weight is 255 g/mol. The van der Waals surface area contributed by atoms with E-state index in [2.05, 4.69) is 16.9 Å². The van der Waals surface area contributed by atoms with Crippen LogP contribution in [0.4, 0.5) is 5.82 Å². The molecule has 94 valence electrons. The van der Waals surface area contributed by atoms with Gasteiger partial charge in [0.15, 0.2) is 0 Å². The number of anilines is 1. The maximum atomic E-state index is 5.74. The standard InChI is InChI=1S/C13H19ClN2O/c1-16(10-12-4-2-3-7-17-12)13-6-5-11(8-14)9-15-13/h5-6,9,12H,2-4,7-8,10H2,1H3. The van der Waals surface area contributed by atoms with Gasteiger partial charge in [-0.3, -0.25) is 0 Å². The predicted molar refractivity (Wildman–Crippen MR) is 70.7 cm³/mol. The van der Waals surface area contributed by atoms with Crippen molar-refractivity contribution in [1.82, 2.24) is 4.98 Å². The smallest absolute Gasteiger partial charge is 0.128 e. The Kier molecular flexibility index (Phi) is 4.63. The van der Waals surface area contributed by atoms with Crippen LogP contribution in [0.5, 0.6) is 0 Å². The lowest BCUT2D eigenvalue weighted by Gasteiger charge is -2.28. The van der Waals surface area contributed by atoms with Gasteiger partial charge in [-0.25, -0.2) is 4.98 Å². The highest BCUT2D eigenvalue weighted by molar-refractivity contribution is 6.17. The third-order valence-corrected chi connectivity index (χ3v) is 3.41. The number of ether oxygens (including phenoxy) is 1. The van der Waals surface area contributed by atoms with Crippen LogP contribution in [-0.2, 0) is 10.6 Å². The predicted octanol–water partition coefficient (Wildman–Crippen LogP) is 2.83. The minimum Gasteiger partial charge on any atom is -0.376 e. The zero-order chi connectivity index (χ0) is 12.1. The van der Waals surface area contributed by atoms with Gasteiger partial charge >= 0.3 is 0 Å². The van der Waals surface area contributed by atoms with Crippen LogP contribution < -0.4 is 4.90 Å². The SMILES string of the molecule is CN(CC1CCCCO1)c1ccc(CCl)cn1. The topological polar surface area (TPSA) is 25.4 Å². The Bertz CT molecular complexity index is 336. The van der Waals surface area contributed by atoms with E-state index < -0.39 is 0 Å². The lowest BCUT2D eigenvalue weighted by molar-refractivity contribution is 0.0215. The van der Waals surface area contributed by atoms with Crippen LogP contribution in [0.2, 0.25) is 0 Å². The molecule has 1 unspecified atom stereocenters. The molecular weight excluding hydrogens is 236 g/mol. The highest BCUT2D eigenvalue weighted by Crippen LogP contribution is 2.17. The van der Waals surface area contributed by atoms with Crippen molar-refractivity contribution >= 4 is 17.4 Å². The first kappa shape index (κ1) is 12.7. The van der Waals surface area contributed by atoms with Crippen LogP contribution in [0.15, 0.2) is 18.3 Å². The van der Waals surface area contributed by atoms with Crippen molar-refractivity contribution in [1.29, 1.82) is 0 Å². The van der Waals surface area contributed by atoms with Crippen molar-refractivity contribution in [3.05, 3.63) is 23.9 Å². The summed E-state index contributed by atoms with van der Waals surface area (Å²) in [5, 5.41) is 0. The average Bonchev–Trinajstić information content (AvgIpc) is 2.40. The first-order valence-electron chi connectivity index (χ1n) is 6.13. The zero-order valence-corrected chi connectivity index (χ0v) is 11.0. The van der Waals surface area contributed by atoms with Crippen molar-refractivity contribution in [2.75, 3.05) is 25.1 Å². The van der Waals surface area contributed by atoms with E-state index in [0.29, 0.717) is 12.0 Å². The van der Waals surface area contributed by atoms with E-state index in [1.54, 1.807) is 0 Å². The summed E-state index contributed by atoms with van der Waals surface area (Å²) >= 11 is 5.74. The Morgan fingerprint density at radius 1 is 1.47 bits per heavy atom. The lowest BCUT2D eigenvalue weighted by atomic mass is 10.1. The molecule has 1 aliphatic rings. The molecular formula is C13H19ClN2O. The van der Waals surface area contributed by atoms with Gasteiger partial charge in [0, 0.05) is 32.3 Å². The van der Waals surface area contributed by atoms with E-state index >= 15 is 0 Å². The fraction of sp³-hybridized carbons (Fsp3) is 0.615. The molecule has 1 aromatic rings. The quantitative estimate of drug-likeness (QED) is 0.773. The number of pyridine rings is 1. The summed E-state index contributed by atoms with van der Waals surface area (Å²) in [5.74, 6) is 1.50. The molecule has 0 spiro atoms. The Hall–Kier alpha value is -0.800. The summed E-state index contributed by atoms with van der Waals surface area (Å²) in [6.07, 6.45) is 5.81. The summed E-state index contributed by atoms with van der Waals surface area (Å²) < 4.78 is 5.72. The van der Waals surface area contributed by atoms with Gasteiger partial charge in [-0.05, 0) is 30.9 Å². The molecule has 0 radical (unpaired) electrons. The summed E-state index contributed by atoms with van der Waals surface area (Å²) in [5.41, 5.74) is 1.05. The molecule has 2 heterocycles. The van der Waals surface area contributed by atoms with E-state index in [9.17, 15) is 0 Å². The first-order valence-corrected chi connectivity index (χ1v) is 6.66. The molecule has 1 aliphatic heterocycles. The number of halogens is 1. The highest BCUT2D eigenvalue weighted by Gasteiger charge is 2.16. The zero-order valence-electron chi connectivity index (χ0n) is 10.2. The van der Waals surface area contributed by atoms with E-state index in [1.165, 1.54) is 12.8 Å². The van der Waals surface area contributed by atoms with Crippen LogP contribution in [0.25, 0.3) is 0 Å².